The van der Waals surface area contributed by atoms with Crippen molar-refractivity contribution in [2.75, 3.05) is 13.8 Å². The van der Waals surface area contributed by atoms with Crippen LogP contribution in [-0.2, 0) is 11.3 Å². The highest BCUT2D eigenvalue weighted by Gasteiger charge is 2.19. The van der Waals surface area contributed by atoms with Crippen molar-refractivity contribution in [2.45, 2.75) is 34.1 Å². The van der Waals surface area contributed by atoms with Crippen molar-refractivity contribution in [2.24, 2.45) is 16.4 Å². The van der Waals surface area contributed by atoms with Crippen LogP contribution in [0.25, 0.3) is 21.5 Å². The first-order valence-corrected chi connectivity index (χ1v) is 16.3. The molecule has 0 radical (unpaired) electrons. The molecule has 7 nitrogen and oxygen atoms in total. The standard InChI is InChI=1S/C19H15NO2.C19H16O.C4H9NO2.CH3F/c1-13-11-12-17(16-10-6-5-9-15(13)16)19(21)18(20-22)14-7-3-2-4-8-14;1-14-11-12-18(17-10-6-5-9-16(14)17)19(20)13-15-7-3-2-4-8-15;1-4(2)3-7-5-6;1-2/h2-12,22H,1H3;2-12H,13H2,1H3;4H,3H2,1-2H3;1H3/b20-18+;;;/i;;;1D. The van der Waals surface area contributed by atoms with E-state index in [0.717, 1.165) is 38.2 Å². The SMILES string of the molecule is CC(C)CON=O.Cc1ccc(C(=O)/C(=N/O)c2ccccc2)c2ccccc12.Cc1ccc(C(=O)Cc2ccccc2)c2ccccc12.[2H]CF. The van der Waals surface area contributed by atoms with Crippen LogP contribution in [0.5, 0.6) is 0 Å². The van der Waals surface area contributed by atoms with Gasteiger partial charge in [0.1, 0.15) is 6.61 Å². The van der Waals surface area contributed by atoms with Gasteiger partial charge < -0.3 is 10.0 Å². The van der Waals surface area contributed by atoms with Gasteiger partial charge in [0, 0.05) is 23.1 Å². The Balaban J connectivity index is 0.000000224. The van der Waals surface area contributed by atoms with E-state index in [-0.39, 0.29) is 17.3 Å². The van der Waals surface area contributed by atoms with Crippen molar-refractivity contribution in [3.8, 4) is 0 Å². The summed E-state index contributed by atoms with van der Waals surface area (Å²) < 4.78 is 15.5. The molecule has 0 saturated heterocycles. The Kier molecular flexibility index (Phi) is 15.2. The molecule has 0 aliphatic rings. The fourth-order valence-electron chi connectivity index (χ4n) is 5.35. The van der Waals surface area contributed by atoms with Crippen molar-refractivity contribution < 1.29 is 25.4 Å². The zero-order valence-electron chi connectivity index (χ0n) is 30.3. The molecule has 0 heterocycles. The number of rotatable bonds is 9. The van der Waals surface area contributed by atoms with Gasteiger partial charge in [0.05, 0.1) is 8.52 Å². The van der Waals surface area contributed by atoms with Crippen molar-refractivity contribution >= 4 is 38.8 Å². The highest BCUT2D eigenvalue weighted by atomic mass is 19.1. The predicted octanol–water partition coefficient (Wildman–Crippen LogP) is 10.7. The highest BCUT2D eigenvalue weighted by Crippen LogP contribution is 2.25. The van der Waals surface area contributed by atoms with E-state index < -0.39 is 7.15 Å². The van der Waals surface area contributed by atoms with Crippen LogP contribution < -0.4 is 0 Å². The topological polar surface area (TPSA) is 105 Å². The Labute approximate surface area is 299 Å². The molecule has 0 aliphatic heterocycles. The predicted molar refractivity (Wildman–Crippen MR) is 205 cm³/mol. The quantitative estimate of drug-likeness (QED) is 0.0535. The van der Waals surface area contributed by atoms with Crippen LogP contribution in [0.1, 0.15) is 58.2 Å². The molecule has 0 aromatic heterocycles. The van der Waals surface area contributed by atoms with Gasteiger partial charge in [-0.2, -0.15) is 0 Å². The van der Waals surface area contributed by atoms with Gasteiger partial charge in [0.25, 0.3) is 0 Å². The van der Waals surface area contributed by atoms with Crippen molar-refractivity contribution in [3.63, 3.8) is 0 Å². The molecule has 0 fully saturated rings. The molecule has 51 heavy (non-hydrogen) atoms. The normalized spacial score (nSPS) is 10.8. The number of carbonyl (C=O) groups excluding carboxylic acids is 2. The molecule has 262 valence electrons. The summed E-state index contributed by atoms with van der Waals surface area (Å²) in [5.41, 5.74) is 5.37. The van der Waals surface area contributed by atoms with Crippen LogP contribution >= 0.6 is 0 Å². The van der Waals surface area contributed by atoms with Gasteiger partial charge in [-0.05, 0) is 58.0 Å². The van der Waals surface area contributed by atoms with Crippen molar-refractivity contribution in [1.82, 2.24) is 0 Å². The first kappa shape index (κ1) is 37.8. The lowest BCUT2D eigenvalue weighted by molar-refractivity contribution is 0.0993. The van der Waals surface area contributed by atoms with Gasteiger partial charge in [-0.1, -0.05) is 152 Å². The zero-order valence-corrected chi connectivity index (χ0v) is 29.3. The molecule has 0 atom stereocenters. The second kappa shape index (κ2) is 20.5. The molecule has 1 N–H and O–H groups in total. The Morgan fingerprint density at radius 3 is 1.63 bits per heavy atom. The summed E-state index contributed by atoms with van der Waals surface area (Å²) >= 11 is 0. The fourth-order valence-corrected chi connectivity index (χ4v) is 5.35. The number of fused-ring (bicyclic) bond motifs is 2. The molecule has 6 rings (SSSR count). The summed E-state index contributed by atoms with van der Waals surface area (Å²) in [4.78, 5) is 38.8. The largest absolute Gasteiger partial charge is 0.410 e. The number of hydrogen-bond acceptors (Lipinski definition) is 7. The highest BCUT2D eigenvalue weighted by molar-refractivity contribution is 6.52. The van der Waals surface area contributed by atoms with Gasteiger partial charge in [0.2, 0.25) is 5.78 Å². The molecule has 0 aliphatic carbocycles. The summed E-state index contributed by atoms with van der Waals surface area (Å²) in [5.74, 6) is 0.273. The fraction of sp³-hybridized carbons (Fsp3) is 0.186. The number of oxime groups is 1. The van der Waals surface area contributed by atoms with E-state index in [1.807, 2.05) is 118 Å². The Hall–Kier alpha value is -6.02. The van der Waals surface area contributed by atoms with Gasteiger partial charge in [-0.15, -0.1) is 4.91 Å². The summed E-state index contributed by atoms with van der Waals surface area (Å²) in [7, 11) is -1.00. The Morgan fingerprint density at radius 1 is 0.706 bits per heavy atom. The van der Waals surface area contributed by atoms with Crippen molar-refractivity contribution in [3.05, 3.63) is 172 Å². The molecule has 0 amide bonds. The molecule has 6 aromatic rings. The maximum absolute atomic E-state index is 12.8. The minimum Gasteiger partial charge on any atom is -0.410 e. The Morgan fingerprint density at radius 2 is 1.16 bits per heavy atom. The number of carbonyl (C=O) groups is 2. The molecule has 6 aromatic carbocycles. The van der Waals surface area contributed by atoms with Gasteiger partial charge in [-0.3, -0.25) is 14.0 Å². The number of Topliss-reactive ketones (excluding diaryl/α,β-unsaturated/α-hetero) is 2. The summed E-state index contributed by atoms with van der Waals surface area (Å²) in [6.45, 7) is 8.41. The number of nitrogens with zero attached hydrogens (tertiary/aromatic N) is 2. The van der Waals surface area contributed by atoms with Crippen LogP contribution in [0, 0.1) is 24.7 Å². The summed E-state index contributed by atoms with van der Waals surface area (Å²) in [6, 6.07) is 42.4. The van der Waals surface area contributed by atoms with Crippen molar-refractivity contribution in [1.29, 1.82) is 0 Å². The number of hydrogen-bond donors (Lipinski definition) is 1. The van der Waals surface area contributed by atoms with Crippen LogP contribution in [0.15, 0.2) is 144 Å². The van der Waals surface area contributed by atoms with Gasteiger partial charge >= 0.3 is 0 Å². The monoisotopic (exact) mass is 687 g/mol. The lowest BCUT2D eigenvalue weighted by Crippen LogP contribution is -2.16. The van der Waals surface area contributed by atoms with Crippen LogP contribution in [0.3, 0.4) is 0 Å². The maximum Gasteiger partial charge on any atom is 0.215 e. The van der Waals surface area contributed by atoms with Gasteiger partial charge in [0.15, 0.2) is 16.8 Å². The zero-order chi connectivity index (χ0) is 37.9. The summed E-state index contributed by atoms with van der Waals surface area (Å²) in [5, 5.41) is 18.9. The van der Waals surface area contributed by atoms with Crippen LogP contribution in [-0.4, -0.2) is 36.2 Å². The minimum atomic E-state index is -1.00. The lowest BCUT2D eigenvalue weighted by atomic mass is 9.94. The maximum atomic E-state index is 12.8. The van der Waals surface area contributed by atoms with Gasteiger partial charge in [-0.25, -0.2) is 0 Å². The Bertz CT molecular complexity index is 2090. The average Bonchev–Trinajstić information content (AvgIpc) is 3.16. The number of ketones is 2. The van der Waals surface area contributed by atoms with Crippen LogP contribution in [0.2, 0.25) is 0 Å². The molecule has 0 saturated carbocycles. The number of benzene rings is 6. The first-order valence-electron chi connectivity index (χ1n) is 17.0. The second-order valence-corrected chi connectivity index (χ2v) is 11.9. The third-order valence-corrected chi connectivity index (χ3v) is 7.86. The second-order valence-electron chi connectivity index (χ2n) is 11.9. The summed E-state index contributed by atoms with van der Waals surface area (Å²) in [6.07, 6.45) is 0.452. The van der Waals surface area contributed by atoms with E-state index >= 15 is 0 Å². The molecular weight excluding hydrogens is 643 g/mol. The molecular formula is C43H43FN2O5. The minimum absolute atomic E-state index is 0.0506. The molecule has 0 bridgehead atoms. The van der Waals surface area contributed by atoms with E-state index in [1.54, 1.807) is 30.3 Å². The average molecular weight is 688 g/mol. The van der Waals surface area contributed by atoms with E-state index in [4.69, 9.17) is 1.37 Å². The third kappa shape index (κ3) is 11.0. The third-order valence-electron chi connectivity index (χ3n) is 7.86. The van der Waals surface area contributed by atoms with E-state index in [0.29, 0.717) is 30.1 Å². The molecule has 8 heteroatoms. The van der Waals surface area contributed by atoms with E-state index in [1.165, 1.54) is 5.56 Å². The number of alkyl halides is 1. The molecule has 0 spiro atoms. The van der Waals surface area contributed by atoms with E-state index in [2.05, 4.69) is 28.3 Å². The number of aryl methyl sites for hydroxylation is 2. The van der Waals surface area contributed by atoms with E-state index in [9.17, 15) is 24.1 Å². The smallest absolute Gasteiger partial charge is 0.215 e. The number of halogens is 1. The lowest BCUT2D eigenvalue weighted by Gasteiger charge is -2.09. The van der Waals surface area contributed by atoms with Crippen LogP contribution in [0.4, 0.5) is 4.39 Å². The molecule has 0 unspecified atom stereocenters. The first-order chi connectivity index (χ1) is 25.2.